The van der Waals surface area contributed by atoms with E-state index in [-0.39, 0.29) is 16.9 Å². The van der Waals surface area contributed by atoms with Gasteiger partial charge in [0.2, 0.25) is 0 Å². The van der Waals surface area contributed by atoms with E-state index in [4.69, 9.17) is 10.8 Å². The van der Waals surface area contributed by atoms with E-state index in [9.17, 15) is 9.18 Å². The average Bonchev–Trinajstić information content (AvgIpc) is 2.34. The van der Waals surface area contributed by atoms with Crippen LogP contribution in [0.4, 0.5) is 21.5 Å². The van der Waals surface area contributed by atoms with Crippen LogP contribution in [0.1, 0.15) is 10.4 Å². The van der Waals surface area contributed by atoms with Gasteiger partial charge in [0.25, 0.3) is 0 Å². The molecule has 0 atom stereocenters. The monoisotopic (exact) mass is 324 g/mol. The number of carboxylic acids is 1. The SMILES string of the molecule is Nc1cc(F)c(Nc2ccccc2Br)cc1C(=O)O. The zero-order valence-electron chi connectivity index (χ0n) is 9.65. The molecule has 19 heavy (non-hydrogen) atoms. The van der Waals surface area contributed by atoms with Gasteiger partial charge in [0.1, 0.15) is 5.82 Å². The molecule has 2 aromatic carbocycles. The van der Waals surface area contributed by atoms with Crippen molar-refractivity contribution in [2.24, 2.45) is 0 Å². The van der Waals surface area contributed by atoms with E-state index >= 15 is 0 Å². The Morgan fingerprint density at radius 1 is 1.26 bits per heavy atom. The van der Waals surface area contributed by atoms with Crippen LogP contribution in [0.2, 0.25) is 0 Å². The first-order valence-corrected chi connectivity index (χ1v) is 6.12. The molecule has 6 heteroatoms. The van der Waals surface area contributed by atoms with Crippen LogP contribution in [0.3, 0.4) is 0 Å². The average molecular weight is 325 g/mol. The molecule has 0 aliphatic rings. The number of anilines is 3. The van der Waals surface area contributed by atoms with Gasteiger partial charge in [0, 0.05) is 10.2 Å². The predicted molar refractivity (Wildman–Crippen MR) is 75.2 cm³/mol. The van der Waals surface area contributed by atoms with Gasteiger partial charge in [-0.2, -0.15) is 0 Å². The molecule has 0 saturated carbocycles. The summed E-state index contributed by atoms with van der Waals surface area (Å²) in [5.41, 5.74) is 5.89. The molecule has 0 aromatic heterocycles. The largest absolute Gasteiger partial charge is 0.478 e. The van der Waals surface area contributed by atoms with Crippen molar-refractivity contribution in [1.29, 1.82) is 0 Å². The lowest BCUT2D eigenvalue weighted by Crippen LogP contribution is -2.05. The first-order chi connectivity index (χ1) is 8.99. The van der Waals surface area contributed by atoms with Gasteiger partial charge in [-0.15, -0.1) is 0 Å². The molecule has 0 aliphatic carbocycles. The van der Waals surface area contributed by atoms with E-state index in [1.165, 1.54) is 6.07 Å². The molecule has 2 rings (SSSR count). The first kappa shape index (κ1) is 13.4. The molecule has 4 nitrogen and oxygen atoms in total. The minimum atomic E-state index is -1.20. The predicted octanol–water partition coefficient (Wildman–Crippen LogP) is 3.61. The zero-order valence-corrected chi connectivity index (χ0v) is 11.2. The molecule has 98 valence electrons. The minimum absolute atomic E-state index is 0.0542. The van der Waals surface area contributed by atoms with Gasteiger partial charge >= 0.3 is 5.97 Å². The molecule has 0 bridgehead atoms. The summed E-state index contributed by atoms with van der Waals surface area (Å²) in [5, 5.41) is 11.8. The van der Waals surface area contributed by atoms with Gasteiger partial charge in [-0.1, -0.05) is 12.1 Å². The van der Waals surface area contributed by atoms with E-state index in [1.807, 2.05) is 6.07 Å². The first-order valence-electron chi connectivity index (χ1n) is 5.33. The summed E-state index contributed by atoms with van der Waals surface area (Å²) in [6.07, 6.45) is 0. The van der Waals surface area contributed by atoms with Crippen LogP contribution in [0, 0.1) is 5.82 Å². The number of halogens is 2. The van der Waals surface area contributed by atoms with Crippen LogP contribution in [0.15, 0.2) is 40.9 Å². The second-order valence-electron chi connectivity index (χ2n) is 3.83. The molecule has 0 aliphatic heterocycles. The van der Waals surface area contributed by atoms with E-state index in [0.29, 0.717) is 5.69 Å². The lowest BCUT2D eigenvalue weighted by Gasteiger charge is -2.11. The standard InChI is InChI=1S/C13H10BrFN2O2/c14-8-3-1-2-4-11(8)17-12-5-7(13(18)19)10(16)6-9(12)15/h1-6,17H,16H2,(H,18,19). The van der Waals surface area contributed by atoms with Gasteiger partial charge in [0.05, 0.1) is 16.9 Å². The number of carbonyl (C=O) groups is 1. The fourth-order valence-electron chi connectivity index (χ4n) is 1.58. The number of carboxylic acid groups (broad SMARTS) is 1. The molecular weight excluding hydrogens is 315 g/mol. The molecule has 0 heterocycles. The maximum atomic E-state index is 13.8. The third-order valence-electron chi connectivity index (χ3n) is 2.51. The summed E-state index contributed by atoms with van der Waals surface area (Å²) >= 11 is 3.31. The number of hydrogen-bond donors (Lipinski definition) is 3. The highest BCUT2D eigenvalue weighted by atomic mass is 79.9. The number of nitrogens with two attached hydrogens (primary N) is 1. The lowest BCUT2D eigenvalue weighted by atomic mass is 10.1. The smallest absolute Gasteiger partial charge is 0.337 e. The molecule has 2 aromatic rings. The fraction of sp³-hybridized carbons (Fsp3) is 0. The Morgan fingerprint density at radius 3 is 2.58 bits per heavy atom. The lowest BCUT2D eigenvalue weighted by molar-refractivity contribution is 0.0698. The maximum Gasteiger partial charge on any atom is 0.337 e. The van der Waals surface area contributed by atoms with Crippen LogP contribution in [0.5, 0.6) is 0 Å². The van der Waals surface area contributed by atoms with Crippen molar-refractivity contribution in [1.82, 2.24) is 0 Å². The molecule has 4 N–H and O–H groups in total. The summed E-state index contributed by atoms with van der Waals surface area (Å²) in [6.45, 7) is 0. The van der Waals surface area contributed by atoms with Crippen LogP contribution in [-0.4, -0.2) is 11.1 Å². The topological polar surface area (TPSA) is 75.3 Å². The molecule has 0 amide bonds. The maximum absolute atomic E-state index is 13.8. The Bertz CT molecular complexity index is 647. The molecular formula is C13H10BrFN2O2. The van der Waals surface area contributed by atoms with Gasteiger partial charge in [-0.3, -0.25) is 0 Å². The fourth-order valence-corrected chi connectivity index (χ4v) is 1.96. The van der Waals surface area contributed by atoms with Crippen LogP contribution >= 0.6 is 15.9 Å². The normalized spacial score (nSPS) is 10.2. The zero-order chi connectivity index (χ0) is 14.0. The van der Waals surface area contributed by atoms with Gasteiger partial charge in [-0.05, 0) is 40.2 Å². The van der Waals surface area contributed by atoms with Crippen LogP contribution < -0.4 is 11.1 Å². The van der Waals surface area contributed by atoms with E-state index in [2.05, 4.69) is 21.2 Å². The second-order valence-corrected chi connectivity index (χ2v) is 4.68. The van der Waals surface area contributed by atoms with Crippen molar-refractivity contribution in [3.63, 3.8) is 0 Å². The van der Waals surface area contributed by atoms with Gasteiger partial charge < -0.3 is 16.2 Å². The molecule has 0 fully saturated rings. The number of aromatic carboxylic acids is 1. The second kappa shape index (κ2) is 5.27. The number of rotatable bonds is 3. The minimum Gasteiger partial charge on any atom is -0.478 e. The third kappa shape index (κ3) is 2.85. The van der Waals surface area contributed by atoms with Crippen molar-refractivity contribution in [3.05, 3.63) is 52.3 Å². The van der Waals surface area contributed by atoms with Crippen molar-refractivity contribution in [3.8, 4) is 0 Å². The highest BCUT2D eigenvalue weighted by molar-refractivity contribution is 9.10. The van der Waals surface area contributed by atoms with E-state index in [0.717, 1.165) is 10.5 Å². The Hall–Kier alpha value is -2.08. The number of nitrogen functional groups attached to an aromatic ring is 1. The summed E-state index contributed by atoms with van der Waals surface area (Å²) in [7, 11) is 0. The number of para-hydroxylation sites is 1. The van der Waals surface area contributed by atoms with Crippen molar-refractivity contribution < 1.29 is 14.3 Å². The number of benzene rings is 2. The van der Waals surface area contributed by atoms with Gasteiger partial charge in [0.15, 0.2) is 0 Å². The van der Waals surface area contributed by atoms with Crippen LogP contribution in [-0.2, 0) is 0 Å². The molecule has 0 radical (unpaired) electrons. The Morgan fingerprint density at radius 2 is 1.95 bits per heavy atom. The Kier molecular flexibility index (Phi) is 3.71. The highest BCUT2D eigenvalue weighted by Gasteiger charge is 2.13. The van der Waals surface area contributed by atoms with Crippen molar-refractivity contribution in [2.45, 2.75) is 0 Å². The summed E-state index contributed by atoms with van der Waals surface area (Å²) in [6, 6.07) is 9.28. The summed E-state index contributed by atoms with van der Waals surface area (Å²) < 4.78 is 14.5. The third-order valence-corrected chi connectivity index (χ3v) is 3.20. The number of nitrogens with one attached hydrogen (secondary N) is 1. The van der Waals surface area contributed by atoms with Crippen molar-refractivity contribution >= 4 is 39.0 Å². The highest BCUT2D eigenvalue weighted by Crippen LogP contribution is 2.29. The van der Waals surface area contributed by atoms with Crippen molar-refractivity contribution in [2.75, 3.05) is 11.1 Å². The summed E-state index contributed by atoms with van der Waals surface area (Å²) in [5.74, 6) is -1.81. The quantitative estimate of drug-likeness (QED) is 0.754. The molecule has 0 spiro atoms. The van der Waals surface area contributed by atoms with Gasteiger partial charge in [-0.25, -0.2) is 9.18 Å². The Labute approximate surface area is 117 Å². The molecule has 0 saturated heterocycles. The summed E-state index contributed by atoms with van der Waals surface area (Å²) in [4.78, 5) is 11.0. The molecule has 0 unspecified atom stereocenters. The number of hydrogen-bond acceptors (Lipinski definition) is 3. The van der Waals surface area contributed by atoms with E-state index in [1.54, 1.807) is 18.2 Å². The Balaban J connectivity index is 2.43. The van der Waals surface area contributed by atoms with Crippen LogP contribution in [0.25, 0.3) is 0 Å². The van der Waals surface area contributed by atoms with E-state index < -0.39 is 11.8 Å².